The van der Waals surface area contributed by atoms with Crippen molar-refractivity contribution in [2.24, 2.45) is 0 Å². The molecule has 2 bridgehead atoms. The molecule has 5 nitrogen and oxygen atoms in total. The Morgan fingerprint density at radius 2 is 1.91 bits per heavy atom. The zero-order valence-electron chi connectivity index (χ0n) is 18.7. The number of rotatable bonds is 2. The van der Waals surface area contributed by atoms with Gasteiger partial charge in [0.2, 0.25) is 0 Å². The van der Waals surface area contributed by atoms with Gasteiger partial charge < -0.3 is 4.90 Å². The number of nitrogens with zero attached hydrogens (tertiary/aromatic N) is 4. The molecule has 2 aliphatic rings. The number of carbonyl (C=O) groups excluding carboxylic acids is 1. The van der Waals surface area contributed by atoms with Crippen molar-refractivity contribution >= 4 is 17.5 Å². The molecule has 0 spiro atoms. The molecule has 176 valence electrons. The third kappa shape index (κ3) is 3.83. The third-order valence-corrected chi connectivity index (χ3v) is 6.98. The van der Waals surface area contributed by atoms with Gasteiger partial charge in [-0.1, -0.05) is 23.7 Å². The van der Waals surface area contributed by atoms with Gasteiger partial charge >= 0.3 is 6.18 Å². The first-order valence-electron chi connectivity index (χ1n) is 11.1. The van der Waals surface area contributed by atoms with E-state index < -0.39 is 22.7 Å². The fourth-order valence-corrected chi connectivity index (χ4v) is 5.37. The molecule has 5 rings (SSSR count). The van der Waals surface area contributed by atoms with E-state index in [1.165, 1.54) is 12.1 Å². The quantitative estimate of drug-likeness (QED) is 0.438. The van der Waals surface area contributed by atoms with Gasteiger partial charge in [0.25, 0.3) is 5.91 Å². The van der Waals surface area contributed by atoms with E-state index in [0.29, 0.717) is 18.7 Å². The van der Waals surface area contributed by atoms with Crippen LogP contribution < -0.4 is 0 Å². The fourth-order valence-electron chi connectivity index (χ4n) is 5.06. The summed E-state index contributed by atoms with van der Waals surface area (Å²) in [6.45, 7) is 3.76. The van der Waals surface area contributed by atoms with Crippen LogP contribution in [-0.4, -0.2) is 31.8 Å². The highest BCUT2D eigenvalue weighted by Gasteiger charge is 2.44. The highest BCUT2D eigenvalue weighted by molar-refractivity contribution is 6.34. The van der Waals surface area contributed by atoms with Crippen LogP contribution in [0, 0.1) is 13.8 Å². The minimum atomic E-state index is -4.64. The largest absolute Gasteiger partial charge is 0.417 e. The van der Waals surface area contributed by atoms with E-state index >= 15 is 0 Å². The van der Waals surface area contributed by atoms with E-state index in [1.54, 1.807) is 18.0 Å². The lowest BCUT2D eigenvalue weighted by atomic mass is 9.81. The van der Waals surface area contributed by atoms with Gasteiger partial charge in [-0.3, -0.25) is 9.78 Å². The number of piperidine rings is 1. The first kappa shape index (κ1) is 22.8. The van der Waals surface area contributed by atoms with E-state index in [0.717, 1.165) is 47.1 Å². The number of hydrogen-bond donors (Lipinski definition) is 0. The monoisotopic (exact) mass is 486 g/mol. The van der Waals surface area contributed by atoms with Gasteiger partial charge in [-0.2, -0.15) is 13.2 Å². The van der Waals surface area contributed by atoms with Crippen LogP contribution in [0.1, 0.15) is 63.9 Å². The van der Waals surface area contributed by atoms with Crippen molar-refractivity contribution in [1.82, 2.24) is 19.9 Å². The van der Waals surface area contributed by atoms with Crippen LogP contribution in [0.15, 0.2) is 36.5 Å². The van der Waals surface area contributed by atoms with Crippen LogP contribution >= 0.6 is 11.6 Å². The standard InChI is InChI=1S/C25H22ClF3N4O/c1-13-9-10-19(30-12-13)22-17-11-15-5-3-8-20(23(17)32-14(2)31-22)33(15)24(34)16-6-4-7-18(21(16)26)25(27,28)29/h4,6-7,9-10,12,15,20H,3,5,8,11H2,1-2H3. The molecule has 34 heavy (non-hydrogen) atoms. The van der Waals surface area contributed by atoms with Gasteiger partial charge in [0, 0.05) is 17.8 Å². The predicted octanol–water partition coefficient (Wildman–Crippen LogP) is 6.12. The van der Waals surface area contributed by atoms with E-state index in [4.69, 9.17) is 16.6 Å². The molecule has 1 fully saturated rings. The molecule has 0 N–H and O–H groups in total. The summed E-state index contributed by atoms with van der Waals surface area (Å²) in [6, 6.07) is 6.84. The molecule has 0 saturated carbocycles. The molecule has 2 unspecified atom stereocenters. The Hall–Kier alpha value is -3.00. The van der Waals surface area contributed by atoms with E-state index in [9.17, 15) is 18.0 Å². The van der Waals surface area contributed by atoms with Crippen molar-refractivity contribution < 1.29 is 18.0 Å². The van der Waals surface area contributed by atoms with Gasteiger partial charge in [0.1, 0.15) is 5.82 Å². The lowest BCUT2D eigenvalue weighted by Crippen LogP contribution is -2.50. The van der Waals surface area contributed by atoms with Crippen LogP contribution in [0.3, 0.4) is 0 Å². The molecule has 2 aliphatic heterocycles. The molecule has 9 heteroatoms. The highest BCUT2D eigenvalue weighted by Crippen LogP contribution is 2.45. The number of fused-ring (bicyclic) bond motifs is 4. The molecule has 0 aliphatic carbocycles. The number of benzene rings is 1. The van der Waals surface area contributed by atoms with Crippen LogP contribution in [0.5, 0.6) is 0 Å². The molecule has 2 aromatic heterocycles. The molecule has 2 atom stereocenters. The Morgan fingerprint density at radius 3 is 2.62 bits per heavy atom. The van der Waals surface area contributed by atoms with Gasteiger partial charge in [0.05, 0.1) is 39.3 Å². The molecular weight excluding hydrogens is 465 g/mol. The highest BCUT2D eigenvalue weighted by atomic mass is 35.5. The van der Waals surface area contributed by atoms with Crippen molar-refractivity contribution in [1.29, 1.82) is 0 Å². The second kappa shape index (κ2) is 8.34. The Labute approximate surface area is 200 Å². The Morgan fingerprint density at radius 1 is 1.12 bits per heavy atom. The summed E-state index contributed by atoms with van der Waals surface area (Å²) in [6.07, 6.45) is -0.0301. The number of carbonyl (C=O) groups is 1. The minimum Gasteiger partial charge on any atom is -0.327 e. The first-order valence-corrected chi connectivity index (χ1v) is 11.5. The Bertz CT molecular complexity index is 1280. The maximum absolute atomic E-state index is 13.6. The van der Waals surface area contributed by atoms with Crippen molar-refractivity contribution in [3.63, 3.8) is 0 Å². The molecular formula is C25H22ClF3N4O. The second-order valence-electron chi connectivity index (χ2n) is 8.89. The van der Waals surface area contributed by atoms with Crippen LogP contribution in [0.25, 0.3) is 11.4 Å². The van der Waals surface area contributed by atoms with E-state index in [-0.39, 0.29) is 17.6 Å². The molecule has 1 saturated heterocycles. The lowest BCUT2D eigenvalue weighted by Gasteiger charge is -2.46. The van der Waals surface area contributed by atoms with E-state index in [2.05, 4.69) is 9.97 Å². The summed E-state index contributed by atoms with van der Waals surface area (Å²) in [7, 11) is 0. The predicted molar refractivity (Wildman–Crippen MR) is 121 cm³/mol. The summed E-state index contributed by atoms with van der Waals surface area (Å²) in [5.41, 5.74) is 3.09. The number of alkyl halides is 3. The Kier molecular flexibility index (Phi) is 5.59. The molecule has 1 aromatic carbocycles. The molecule has 1 amide bonds. The molecule has 0 radical (unpaired) electrons. The third-order valence-electron chi connectivity index (χ3n) is 6.57. The number of pyridine rings is 1. The maximum atomic E-state index is 13.6. The van der Waals surface area contributed by atoms with Crippen molar-refractivity contribution in [2.45, 2.75) is 57.8 Å². The van der Waals surface area contributed by atoms with Gasteiger partial charge in [0.15, 0.2) is 0 Å². The van der Waals surface area contributed by atoms with Crippen LogP contribution in [0.4, 0.5) is 13.2 Å². The SMILES string of the molecule is Cc1ccc(-c2nc(C)nc3c2CC2CCCC3N2C(=O)c2cccc(C(F)(F)F)c2Cl)nc1. The summed E-state index contributed by atoms with van der Waals surface area (Å²) in [4.78, 5) is 29.2. The number of hydrogen-bond acceptors (Lipinski definition) is 4. The number of aromatic nitrogens is 3. The van der Waals surface area contributed by atoms with Crippen LogP contribution in [0.2, 0.25) is 5.02 Å². The van der Waals surface area contributed by atoms with E-state index in [1.807, 2.05) is 19.1 Å². The average molecular weight is 487 g/mol. The number of aryl methyl sites for hydroxylation is 2. The van der Waals surface area contributed by atoms with Crippen molar-refractivity contribution in [3.8, 4) is 11.4 Å². The summed E-state index contributed by atoms with van der Waals surface area (Å²) in [5.74, 6) is 0.0624. The van der Waals surface area contributed by atoms with Gasteiger partial charge in [-0.25, -0.2) is 9.97 Å². The normalized spacial score (nSPS) is 19.6. The smallest absolute Gasteiger partial charge is 0.327 e. The lowest BCUT2D eigenvalue weighted by molar-refractivity contribution is -0.137. The minimum absolute atomic E-state index is 0.136. The molecule has 3 aromatic rings. The summed E-state index contributed by atoms with van der Waals surface area (Å²) >= 11 is 6.11. The number of halogens is 4. The van der Waals surface area contributed by atoms with Gasteiger partial charge in [-0.05, 0) is 63.3 Å². The second-order valence-corrected chi connectivity index (χ2v) is 9.26. The Balaban J connectivity index is 1.60. The fraction of sp³-hybridized carbons (Fsp3) is 0.360. The first-order chi connectivity index (χ1) is 16.1. The number of amides is 1. The zero-order chi connectivity index (χ0) is 24.2. The van der Waals surface area contributed by atoms with Crippen molar-refractivity contribution in [3.05, 3.63) is 75.3 Å². The average Bonchev–Trinajstić information content (AvgIpc) is 2.78. The maximum Gasteiger partial charge on any atom is 0.417 e. The summed E-state index contributed by atoms with van der Waals surface area (Å²) in [5, 5.41) is -0.563. The zero-order valence-corrected chi connectivity index (χ0v) is 19.4. The van der Waals surface area contributed by atoms with Gasteiger partial charge in [-0.15, -0.1) is 0 Å². The van der Waals surface area contributed by atoms with Crippen LogP contribution in [-0.2, 0) is 12.6 Å². The van der Waals surface area contributed by atoms with Crippen molar-refractivity contribution in [2.75, 3.05) is 0 Å². The topological polar surface area (TPSA) is 59.0 Å². The summed E-state index contributed by atoms with van der Waals surface area (Å²) < 4.78 is 40.2. The molecule has 4 heterocycles.